The van der Waals surface area contributed by atoms with Gasteiger partial charge in [-0.3, -0.25) is 0 Å². The quantitative estimate of drug-likeness (QED) is 0.523. The molecule has 0 fully saturated rings. The number of phenolic OH excluding ortho intramolecular Hbond substituents is 1. The van der Waals surface area contributed by atoms with Gasteiger partial charge in [-0.1, -0.05) is 75.3 Å². The predicted molar refractivity (Wildman–Crippen MR) is 103 cm³/mol. The van der Waals surface area contributed by atoms with Crippen LogP contribution in [0, 0.1) is 5.82 Å². The van der Waals surface area contributed by atoms with Gasteiger partial charge in [-0.05, 0) is 17.2 Å². The van der Waals surface area contributed by atoms with Crippen molar-refractivity contribution in [2.24, 2.45) is 0 Å². The van der Waals surface area contributed by atoms with Crippen LogP contribution in [0.4, 0.5) is 4.39 Å². The molecule has 0 aliphatic carbocycles. The molecule has 1 unspecified atom stereocenters. The molecule has 0 saturated carbocycles. The third-order valence-electron chi connectivity index (χ3n) is 3.50. The second-order valence-corrected chi connectivity index (χ2v) is 10.2. The Morgan fingerprint density at radius 3 is 2.12 bits per heavy atom. The molecule has 0 radical (unpaired) electrons. The van der Waals surface area contributed by atoms with E-state index in [2.05, 4.69) is 0 Å². The first-order chi connectivity index (χ1) is 12.2. The molecular formula is C19H16Cl2FOPZr. The Morgan fingerprint density at radius 2 is 1.44 bits per heavy atom. The Bertz CT molecular complexity index is 802. The van der Waals surface area contributed by atoms with E-state index >= 15 is 0 Å². The van der Waals surface area contributed by atoms with Gasteiger partial charge in [-0.2, -0.15) is 0 Å². The van der Waals surface area contributed by atoms with Crippen LogP contribution in [0.3, 0.4) is 0 Å². The molecule has 3 rings (SSSR count). The van der Waals surface area contributed by atoms with E-state index < -0.39 is 20.8 Å². The normalized spacial score (nSPS) is 10.4. The first-order valence-corrected chi connectivity index (χ1v) is 14.8. The SMILES string of the molecule is Oc1c(Cc2ccccc2)cccc1Pc1ccccc1F.[Cl][Zr][Cl]. The van der Waals surface area contributed by atoms with Gasteiger partial charge in [0, 0.05) is 17.0 Å². The molecule has 25 heavy (non-hydrogen) atoms. The number of benzene rings is 3. The zero-order valence-corrected chi connectivity index (χ0v) is 18.2. The number of halogens is 3. The first kappa shape index (κ1) is 20.6. The van der Waals surface area contributed by atoms with Gasteiger partial charge in [0.1, 0.15) is 11.6 Å². The molecule has 0 aromatic heterocycles. The number of hydrogen-bond donors (Lipinski definition) is 1. The molecule has 0 heterocycles. The molecule has 1 atom stereocenters. The Hall–Kier alpha value is -0.717. The van der Waals surface area contributed by atoms with Crippen molar-refractivity contribution in [2.75, 3.05) is 0 Å². The van der Waals surface area contributed by atoms with Crippen molar-refractivity contribution < 1.29 is 30.3 Å². The molecule has 0 aliphatic heterocycles. The van der Waals surface area contributed by atoms with E-state index in [-0.39, 0.29) is 20.1 Å². The van der Waals surface area contributed by atoms with Crippen molar-refractivity contribution in [3.63, 3.8) is 0 Å². The summed E-state index contributed by atoms with van der Waals surface area (Å²) in [7, 11) is 9.97. The van der Waals surface area contributed by atoms with Gasteiger partial charge in [0.25, 0.3) is 0 Å². The Balaban J connectivity index is 0.000000701. The molecule has 0 bridgehead atoms. The standard InChI is InChI=1S/C19H16FOP.2ClH.Zr/c20-16-10-4-5-11-17(16)22-18-12-6-9-15(19(18)21)13-14-7-2-1-3-8-14;;;/h1-12,21-22H,13H2;2*1H;/q;;;+2/p-2. The second-order valence-electron chi connectivity index (χ2n) is 5.15. The number of hydrogen-bond acceptors (Lipinski definition) is 1. The van der Waals surface area contributed by atoms with Crippen molar-refractivity contribution >= 4 is 36.2 Å². The summed E-state index contributed by atoms with van der Waals surface area (Å²) >= 11 is -0.826. The van der Waals surface area contributed by atoms with E-state index in [1.54, 1.807) is 12.1 Å². The van der Waals surface area contributed by atoms with E-state index in [1.165, 1.54) is 6.07 Å². The third kappa shape index (κ3) is 6.50. The van der Waals surface area contributed by atoms with Crippen molar-refractivity contribution in [3.05, 3.63) is 89.7 Å². The molecule has 3 aromatic carbocycles. The van der Waals surface area contributed by atoms with Crippen molar-refractivity contribution in [1.29, 1.82) is 0 Å². The van der Waals surface area contributed by atoms with Crippen LogP contribution in [0.25, 0.3) is 0 Å². The molecule has 6 heteroatoms. The monoisotopic (exact) mass is 470 g/mol. The third-order valence-corrected chi connectivity index (χ3v) is 4.85. The zero-order valence-electron chi connectivity index (χ0n) is 13.2. The summed E-state index contributed by atoms with van der Waals surface area (Å²) in [4.78, 5) is 0. The molecule has 128 valence electrons. The van der Waals surface area contributed by atoms with Gasteiger partial charge in [-0.15, -0.1) is 0 Å². The number of phenols is 1. The van der Waals surface area contributed by atoms with Crippen LogP contribution in [0.5, 0.6) is 5.75 Å². The molecule has 1 nitrogen and oxygen atoms in total. The molecule has 0 amide bonds. The molecule has 0 aliphatic rings. The molecule has 3 aromatic rings. The minimum atomic E-state index is -0.826. The fraction of sp³-hybridized carbons (Fsp3) is 0.0526. The van der Waals surface area contributed by atoms with E-state index in [9.17, 15) is 9.50 Å². The van der Waals surface area contributed by atoms with E-state index in [4.69, 9.17) is 17.0 Å². The van der Waals surface area contributed by atoms with Crippen LogP contribution >= 0.6 is 25.6 Å². The predicted octanol–water partition coefficient (Wildman–Crippen LogP) is 5.13. The van der Waals surface area contributed by atoms with Gasteiger partial charge in [0.2, 0.25) is 0 Å². The van der Waals surface area contributed by atoms with E-state index in [1.807, 2.05) is 54.6 Å². The Morgan fingerprint density at radius 1 is 0.840 bits per heavy atom. The van der Waals surface area contributed by atoms with Crippen molar-refractivity contribution in [1.82, 2.24) is 0 Å². The Labute approximate surface area is 167 Å². The van der Waals surface area contributed by atoms with E-state index in [0.29, 0.717) is 11.7 Å². The van der Waals surface area contributed by atoms with Crippen LogP contribution in [0.15, 0.2) is 72.8 Å². The minimum absolute atomic E-state index is 0.107. The summed E-state index contributed by atoms with van der Waals surface area (Å²) in [6.07, 6.45) is 0.669. The van der Waals surface area contributed by atoms with Gasteiger partial charge < -0.3 is 5.11 Å². The van der Waals surface area contributed by atoms with E-state index in [0.717, 1.165) is 16.4 Å². The summed E-state index contributed by atoms with van der Waals surface area (Å²) in [6.45, 7) is 0. The second kappa shape index (κ2) is 11.1. The van der Waals surface area contributed by atoms with Gasteiger partial charge >= 0.3 is 37.9 Å². The van der Waals surface area contributed by atoms with Crippen LogP contribution in [-0.4, -0.2) is 5.11 Å². The zero-order chi connectivity index (χ0) is 18.1. The molecule has 1 N–H and O–H groups in total. The van der Waals surface area contributed by atoms with Crippen molar-refractivity contribution in [3.8, 4) is 5.75 Å². The summed E-state index contributed by atoms with van der Waals surface area (Å²) in [6, 6.07) is 22.4. The fourth-order valence-electron chi connectivity index (χ4n) is 2.36. The number of para-hydroxylation sites is 1. The summed E-state index contributed by atoms with van der Waals surface area (Å²) in [5.41, 5.74) is 2.01. The molecular weight excluding hydrogens is 456 g/mol. The topological polar surface area (TPSA) is 20.2 Å². The summed E-state index contributed by atoms with van der Waals surface area (Å²) < 4.78 is 13.8. The average molecular weight is 472 g/mol. The average Bonchev–Trinajstić information content (AvgIpc) is 2.62. The first-order valence-electron chi connectivity index (χ1n) is 7.48. The van der Waals surface area contributed by atoms with Gasteiger partial charge in [-0.25, -0.2) is 4.39 Å². The fourth-order valence-corrected chi connectivity index (χ4v) is 3.49. The number of rotatable bonds is 4. The molecule has 0 saturated heterocycles. The number of aromatic hydroxyl groups is 1. The maximum atomic E-state index is 13.8. The van der Waals surface area contributed by atoms with Crippen LogP contribution in [0.1, 0.15) is 11.1 Å². The summed E-state index contributed by atoms with van der Waals surface area (Å²) in [5.74, 6) is 0.0432. The Kier molecular flexibility index (Phi) is 9.14. The van der Waals surface area contributed by atoms with Crippen LogP contribution in [-0.2, 0) is 27.3 Å². The van der Waals surface area contributed by atoms with Crippen molar-refractivity contribution in [2.45, 2.75) is 6.42 Å². The van der Waals surface area contributed by atoms with Gasteiger partial charge in [0.15, 0.2) is 0 Å². The van der Waals surface area contributed by atoms with Crippen LogP contribution < -0.4 is 10.6 Å². The van der Waals surface area contributed by atoms with Gasteiger partial charge in [0.05, 0.1) is 0 Å². The maximum absolute atomic E-state index is 13.8. The van der Waals surface area contributed by atoms with Crippen LogP contribution in [0.2, 0.25) is 0 Å². The summed E-state index contributed by atoms with van der Waals surface area (Å²) in [5, 5.41) is 11.9. The molecule has 0 spiro atoms.